The molecular formula is C10H4F7O3-. The Kier molecular flexibility index (Phi) is 3.99. The van der Waals surface area contributed by atoms with E-state index in [1.165, 1.54) is 0 Å². The third kappa shape index (κ3) is 2.69. The number of carbonyl (C=O) groups excluding carboxylic acids is 1. The highest BCUT2D eigenvalue weighted by Gasteiger charge is 2.68. The van der Waals surface area contributed by atoms with Gasteiger partial charge in [-0.25, -0.2) is 4.39 Å². The maximum Gasteiger partial charge on any atom is 0.399 e. The van der Waals surface area contributed by atoms with Gasteiger partial charge in [-0.15, -0.1) is 0 Å². The molecule has 0 aliphatic carbocycles. The Morgan fingerprint density at radius 2 is 1.45 bits per heavy atom. The minimum absolute atomic E-state index is 0.598. The van der Waals surface area contributed by atoms with Gasteiger partial charge in [0.25, 0.3) is 0 Å². The smallest absolute Gasteiger partial charge is 0.399 e. The van der Waals surface area contributed by atoms with Crippen molar-refractivity contribution in [2.24, 2.45) is 0 Å². The van der Waals surface area contributed by atoms with Crippen molar-refractivity contribution in [2.75, 3.05) is 0 Å². The summed E-state index contributed by atoms with van der Waals surface area (Å²) in [6.07, 6.45) is -13.0. The summed E-state index contributed by atoms with van der Waals surface area (Å²) in [7, 11) is 0. The zero-order chi connectivity index (χ0) is 15.8. The number of esters is 1. The summed E-state index contributed by atoms with van der Waals surface area (Å²) < 4.78 is 89.9. The molecule has 0 bridgehead atoms. The molecule has 1 aromatic carbocycles. The lowest BCUT2D eigenvalue weighted by atomic mass is 10.0. The van der Waals surface area contributed by atoms with Crippen molar-refractivity contribution < 1.29 is 45.4 Å². The summed E-state index contributed by atoms with van der Waals surface area (Å²) in [5, 5.41) is 10.9. The third-order valence-corrected chi connectivity index (χ3v) is 2.13. The molecule has 3 nitrogen and oxygen atoms in total. The summed E-state index contributed by atoms with van der Waals surface area (Å²) in [5.41, 5.74) is -6.00. The van der Waals surface area contributed by atoms with Crippen molar-refractivity contribution in [3.05, 3.63) is 30.1 Å². The molecular weight excluding hydrogens is 301 g/mol. The van der Waals surface area contributed by atoms with Crippen LogP contribution >= 0.6 is 0 Å². The molecule has 0 aliphatic heterocycles. The second-order valence-electron chi connectivity index (χ2n) is 3.50. The van der Waals surface area contributed by atoms with Crippen LogP contribution in [0.3, 0.4) is 0 Å². The van der Waals surface area contributed by atoms with Crippen LogP contribution in [-0.4, -0.2) is 23.9 Å². The van der Waals surface area contributed by atoms with Gasteiger partial charge in [0, 0.05) is 0 Å². The second-order valence-corrected chi connectivity index (χ2v) is 3.50. The minimum Gasteiger partial charge on any atom is -0.828 e. The Morgan fingerprint density at radius 3 is 1.85 bits per heavy atom. The van der Waals surface area contributed by atoms with Crippen LogP contribution in [0.5, 0.6) is 5.75 Å². The van der Waals surface area contributed by atoms with Gasteiger partial charge >= 0.3 is 18.3 Å². The first kappa shape index (κ1) is 16.2. The van der Waals surface area contributed by atoms with Gasteiger partial charge in [-0.3, -0.25) is 4.79 Å². The molecule has 0 saturated heterocycles. The van der Waals surface area contributed by atoms with Gasteiger partial charge in [0.1, 0.15) is 0 Å². The monoisotopic (exact) mass is 305 g/mol. The van der Waals surface area contributed by atoms with Gasteiger partial charge in [-0.1, -0.05) is 12.1 Å². The largest absolute Gasteiger partial charge is 0.828 e. The average molecular weight is 305 g/mol. The van der Waals surface area contributed by atoms with Crippen LogP contribution in [0.1, 0.15) is 0 Å². The van der Waals surface area contributed by atoms with Crippen molar-refractivity contribution in [1.82, 2.24) is 0 Å². The topological polar surface area (TPSA) is 49.4 Å². The van der Waals surface area contributed by atoms with Crippen LogP contribution in [0.15, 0.2) is 24.3 Å². The third-order valence-electron chi connectivity index (χ3n) is 2.13. The molecule has 1 aromatic rings. The van der Waals surface area contributed by atoms with Gasteiger partial charge in [0.15, 0.2) is 17.2 Å². The first-order chi connectivity index (χ1) is 8.91. The Hall–Kier alpha value is -1.84. The lowest BCUT2D eigenvalue weighted by Crippen LogP contribution is -2.72. The quantitative estimate of drug-likeness (QED) is 0.477. The van der Waals surface area contributed by atoms with E-state index in [0.717, 1.165) is 12.1 Å². The van der Waals surface area contributed by atoms with Crippen LogP contribution in [0.2, 0.25) is 0 Å². The summed E-state index contributed by atoms with van der Waals surface area (Å²) in [6.45, 7) is 0. The van der Waals surface area contributed by atoms with Crippen molar-refractivity contribution in [3.63, 3.8) is 0 Å². The number of rotatable bonds is 2. The average Bonchev–Trinajstić information content (AvgIpc) is 2.28. The zero-order valence-electron chi connectivity index (χ0n) is 9.18. The fraction of sp³-hybridized carbons (Fsp3) is 0.300. The predicted molar refractivity (Wildman–Crippen MR) is 46.9 cm³/mol. The maximum absolute atomic E-state index is 13.0. The minimum atomic E-state index is -6.49. The normalized spacial score (nSPS) is 13.2. The van der Waals surface area contributed by atoms with Crippen LogP contribution in [-0.2, 0) is 4.79 Å². The SMILES string of the molecule is O=C(Oc1ccccc1F)C([O-])(C(F)(F)F)C(F)(F)F. The number of halogens is 7. The maximum atomic E-state index is 13.0. The van der Waals surface area contributed by atoms with Gasteiger partial charge in [0.05, 0.1) is 0 Å². The summed E-state index contributed by atoms with van der Waals surface area (Å²) in [6, 6.07) is 3.25. The van der Waals surface area contributed by atoms with Gasteiger partial charge in [-0.05, 0) is 12.1 Å². The molecule has 0 amide bonds. The fourth-order valence-electron chi connectivity index (χ4n) is 1.09. The summed E-state index contributed by atoms with van der Waals surface area (Å²) in [5.74, 6) is -5.82. The van der Waals surface area contributed by atoms with Crippen LogP contribution in [0.4, 0.5) is 30.7 Å². The van der Waals surface area contributed by atoms with E-state index >= 15 is 0 Å². The molecule has 0 saturated carbocycles. The van der Waals surface area contributed by atoms with Gasteiger partial charge in [-0.2, -0.15) is 26.3 Å². The Labute approximate surface area is 106 Å². The lowest BCUT2D eigenvalue weighted by molar-refractivity contribution is -0.573. The van der Waals surface area contributed by atoms with E-state index in [2.05, 4.69) is 4.74 Å². The van der Waals surface area contributed by atoms with E-state index in [-0.39, 0.29) is 0 Å². The molecule has 112 valence electrons. The van der Waals surface area contributed by atoms with E-state index in [1.54, 1.807) is 0 Å². The number of carbonyl (C=O) groups is 1. The summed E-state index contributed by atoms with van der Waals surface area (Å²) in [4.78, 5) is 10.9. The first-order valence-electron chi connectivity index (χ1n) is 4.72. The highest BCUT2D eigenvalue weighted by molar-refractivity contribution is 5.83. The first-order valence-corrected chi connectivity index (χ1v) is 4.72. The van der Waals surface area contributed by atoms with Crippen molar-refractivity contribution in [1.29, 1.82) is 0 Å². The van der Waals surface area contributed by atoms with E-state index in [4.69, 9.17) is 0 Å². The van der Waals surface area contributed by atoms with Gasteiger partial charge < -0.3 is 9.84 Å². The number of para-hydroxylation sites is 1. The molecule has 0 unspecified atom stereocenters. The molecule has 0 heterocycles. The predicted octanol–water partition coefficient (Wildman–Crippen LogP) is 1.95. The number of ether oxygens (including phenoxy) is 1. The summed E-state index contributed by atoms with van der Waals surface area (Å²) >= 11 is 0. The van der Waals surface area contributed by atoms with Crippen molar-refractivity contribution in [2.45, 2.75) is 18.0 Å². The Bertz CT molecular complexity index is 492. The van der Waals surface area contributed by atoms with E-state index in [9.17, 15) is 40.6 Å². The fourth-order valence-corrected chi connectivity index (χ4v) is 1.09. The van der Waals surface area contributed by atoms with E-state index in [0.29, 0.717) is 12.1 Å². The molecule has 10 heteroatoms. The van der Waals surface area contributed by atoms with Crippen molar-refractivity contribution in [3.8, 4) is 5.75 Å². The number of hydrogen-bond donors (Lipinski definition) is 0. The highest BCUT2D eigenvalue weighted by Crippen LogP contribution is 2.41. The molecule has 0 aliphatic rings. The Morgan fingerprint density at radius 1 is 1.00 bits per heavy atom. The molecule has 0 fully saturated rings. The number of alkyl halides is 6. The van der Waals surface area contributed by atoms with Crippen molar-refractivity contribution >= 4 is 5.97 Å². The molecule has 0 radical (unpaired) electrons. The highest BCUT2D eigenvalue weighted by atomic mass is 19.4. The van der Waals surface area contributed by atoms with E-state index < -0.39 is 35.5 Å². The molecule has 0 N–H and O–H groups in total. The zero-order valence-corrected chi connectivity index (χ0v) is 9.18. The standard InChI is InChI=1S/C10H4F7O3/c11-5-3-1-2-4-6(5)20-7(18)8(19,9(12,13)14)10(15,16)17/h1-4H/q-1. The van der Waals surface area contributed by atoms with Crippen LogP contribution in [0, 0.1) is 5.82 Å². The van der Waals surface area contributed by atoms with Gasteiger partial charge in [0.2, 0.25) is 0 Å². The molecule has 0 aromatic heterocycles. The molecule has 0 atom stereocenters. The second kappa shape index (κ2) is 4.93. The van der Waals surface area contributed by atoms with E-state index in [1.807, 2.05) is 0 Å². The van der Waals surface area contributed by atoms with Crippen LogP contribution < -0.4 is 9.84 Å². The number of benzene rings is 1. The van der Waals surface area contributed by atoms with Crippen LogP contribution in [0.25, 0.3) is 0 Å². The molecule has 1 rings (SSSR count). The number of hydrogen-bond acceptors (Lipinski definition) is 3. The molecule has 0 spiro atoms. The molecule has 20 heavy (non-hydrogen) atoms. The lowest BCUT2D eigenvalue weighted by Gasteiger charge is -2.39. The Balaban J connectivity index is 3.19.